The maximum Gasteiger partial charge on any atom is 0.573 e. The fourth-order valence-corrected chi connectivity index (χ4v) is 1.25. The Kier molecular flexibility index (Phi) is 3.83. The molecule has 1 N–H and O–H groups in total. The molecule has 0 fully saturated rings. The van der Waals surface area contributed by atoms with E-state index in [0.29, 0.717) is 18.2 Å². The van der Waals surface area contributed by atoms with Crippen LogP contribution in [-0.2, 0) is 5.92 Å². The van der Waals surface area contributed by atoms with E-state index in [2.05, 4.69) is 4.74 Å². The summed E-state index contributed by atoms with van der Waals surface area (Å²) in [6.07, 6.45) is -4.95. The molecule has 0 radical (unpaired) electrons. The van der Waals surface area contributed by atoms with Crippen molar-refractivity contribution in [2.75, 3.05) is 6.61 Å². The molecule has 0 amide bonds. The molecule has 96 valence electrons. The van der Waals surface area contributed by atoms with Gasteiger partial charge in [-0.3, -0.25) is 0 Å². The highest BCUT2D eigenvalue weighted by Crippen LogP contribution is 2.35. The lowest BCUT2D eigenvalue weighted by Crippen LogP contribution is -2.20. The molecular weight excluding hydrogens is 271 g/mol. The molecule has 0 aromatic heterocycles. The molecule has 2 nitrogen and oxygen atoms in total. The van der Waals surface area contributed by atoms with Crippen LogP contribution in [0.2, 0.25) is 5.02 Å². The highest BCUT2D eigenvalue weighted by atomic mass is 35.5. The molecule has 0 spiro atoms. The molecular formula is C9H6ClF5O2. The zero-order valence-electron chi connectivity index (χ0n) is 8.06. The number of aliphatic hydroxyl groups is 1. The smallest absolute Gasteiger partial charge is 0.404 e. The second kappa shape index (κ2) is 4.66. The van der Waals surface area contributed by atoms with Gasteiger partial charge in [0, 0.05) is 5.56 Å². The SMILES string of the molecule is OCC(F)(F)c1ccc(OC(F)(F)F)c(Cl)c1. The van der Waals surface area contributed by atoms with Gasteiger partial charge in [-0.05, 0) is 18.2 Å². The fourth-order valence-electron chi connectivity index (χ4n) is 1.03. The van der Waals surface area contributed by atoms with Gasteiger partial charge in [0.2, 0.25) is 0 Å². The van der Waals surface area contributed by atoms with Gasteiger partial charge in [0.15, 0.2) is 0 Å². The van der Waals surface area contributed by atoms with Crippen LogP contribution >= 0.6 is 11.6 Å². The predicted octanol–water partition coefficient (Wildman–Crippen LogP) is 3.32. The van der Waals surface area contributed by atoms with E-state index in [4.69, 9.17) is 16.7 Å². The summed E-state index contributed by atoms with van der Waals surface area (Å²) in [6, 6.07) is 1.97. The summed E-state index contributed by atoms with van der Waals surface area (Å²) in [4.78, 5) is 0. The molecule has 0 atom stereocenters. The molecule has 0 unspecified atom stereocenters. The van der Waals surface area contributed by atoms with Crippen molar-refractivity contribution in [1.82, 2.24) is 0 Å². The Bertz CT molecular complexity index is 405. The van der Waals surface area contributed by atoms with Crippen LogP contribution in [0, 0.1) is 0 Å². The van der Waals surface area contributed by atoms with Crippen molar-refractivity contribution in [3.05, 3.63) is 28.8 Å². The minimum atomic E-state index is -4.95. The van der Waals surface area contributed by atoms with Crippen molar-refractivity contribution in [3.8, 4) is 5.75 Å². The fraction of sp³-hybridized carbons (Fsp3) is 0.333. The van der Waals surface area contributed by atoms with Gasteiger partial charge in [0.05, 0.1) is 5.02 Å². The van der Waals surface area contributed by atoms with E-state index < -0.39 is 35.2 Å². The molecule has 1 rings (SSSR count). The van der Waals surface area contributed by atoms with Crippen LogP contribution in [0.4, 0.5) is 22.0 Å². The van der Waals surface area contributed by atoms with Gasteiger partial charge in [-0.15, -0.1) is 13.2 Å². The summed E-state index contributed by atoms with van der Waals surface area (Å²) < 4.78 is 65.0. The molecule has 17 heavy (non-hydrogen) atoms. The van der Waals surface area contributed by atoms with Crippen LogP contribution in [0.15, 0.2) is 18.2 Å². The Hall–Kier alpha value is -1.08. The minimum absolute atomic E-state index is 0.610. The van der Waals surface area contributed by atoms with E-state index in [1.807, 2.05) is 0 Å². The van der Waals surface area contributed by atoms with Crippen molar-refractivity contribution in [3.63, 3.8) is 0 Å². The van der Waals surface area contributed by atoms with E-state index in [-0.39, 0.29) is 0 Å². The van der Waals surface area contributed by atoms with Crippen LogP contribution < -0.4 is 4.74 Å². The predicted molar refractivity (Wildman–Crippen MR) is 49.1 cm³/mol. The van der Waals surface area contributed by atoms with Crippen molar-refractivity contribution < 1.29 is 31.8 Å². The number of rotatable bonds is 3. The van der Waals surface area contributed by atoms with Crippen LogP contribution in [0.3, 0.4) is 0 Å². The van der Waals surface area contributed by atoms with Gasteiger partial charge in [-0.2, -0.15) is 8.78 Å². The Morgan fingerprint density at radius 1 is 1.18 bits per heavy atom. The first-order valence-electron chi connectivity index (χ1n) is 4.20. The first-order chi connectivity index (χ1) is 7.65. The third kappa shape index (κ3) is 3.71. The molecule has 0 saturated carbocycles. The lowest BCUT2D eigenvalue weighted by molar-refractivity contribution is -0.274. The lowest BCUT2D eigenvalue weighted by Gasteiger charge is -2.15. The van der Waals surface area contributed by atoms with Crippen LogP contribution in [0.25, 0.3) is 0 Å². The average molecular weight is 277 g/mol. The van der Waals surface area contributed by atoms with Crippen LogP contribution in [-0.4, -0.2) is 18.1 Å². The molecule has 1 aromatic rings. The van der Waals surface area contributed by atoms with Crippen molar-refractivity contribution >= 4 is 11.6 Å². The van der Waals surface area contributed by atoms with Crippen LogP contribution in [0.1, 0.15) is 5.56 Å². The summed E-state index contributed by atoms with van der Waals surface area (Å²) in [5.74, 6) is -4.35. The molecule has 0 aliphatic heterocycles. The Balaban J connectivity index is 3.02. The highest BCUT2D eigenvalue weighted by molar-refractivity contribution is 6.32. The number of ether oxygens (including phenoxy) is 1. The summed E-state index contributed by atoms with van der Waals surface area (Å²) in [5, 5.41) is 7.77. The first-order valence-corrected chi connectivity index (χ1v) is 4.58. The van der Waals surface area contributed by atoms with Gasteiger partial charge in [-0.1, -0.05) is 11.6 Å². The van der Waals surface area contributed by atoms with E-state index in [0.717, 1.165) is 0 Å². The molecule has 0 bridgehead atoms. The zero-order valence-corrected chi connectivity index (χ0v) is 8.82. The largest absolute Gasteiger partial charge is 0.573 e. The van der Waals surface area contributed by atoms with E-state index >= 15 is 0 Å². The molecule has 1 aromatic carbocycles. The third-order valence-electron chi connectivity index (χ3n) is 1.78. The van der Waals surface area contributed by atoms with Crippen molar-refractivity contribution in [2.24, 2.45) is 0 Å². The Morgan fingerprint density at radius 3 is 2.18 bits per heavy atom. The summed E-state index contributed by atoms with van der Waals surface area (Å²) in [7, 11) is 0. The first kappa shape index (κ1) is 14.0. The summed E-state index contributed by atoms with van der Waals surface area (Å²) in [6.45, 7) is -1.47. The lowest BCUT2D eigenvalue weighted by atomic mass is 10.1. The second-order valence-corrected chi connectivity index (χ2v) is 3.46. The Labute approximate surface area is 97.6 Å². The number of aliphatic hydroxyl groups excluding tert-OH is 1. The Morgan fingerprint density at radius 2 is 1.76 bits per heavy atom. The average Bonchev–Trinajstić information content (AvgIpc) is 2.19. The molecule has 0 aliphatic carbocycles. The topological polar surface area (TPSA) is 29.5 Å². The maximum absolute atomic E-state index is 13.0. The van der Waals surface area contributed by atoms with Crippen molar-refractivity contribution in [2.45, 2.75) is 12.3 Å². The molecule has 0 heterocycles. The molecule has 0 aliphatic rings. The van der Waals surface area contributed by atoms with E-state index in [9.17, 15) is 22.0 Å². The van der Waals surface area contributed by atoms with Crippen LogP contribution in [0.5, 0.6) is 5.75 Å². The maximum atomic E-state index is 13.0. The van der Waals surface area contributed by atoms with E-state index in [1.165, 1.54) is 0 Å². The molecule has 0 saturated heterocycles. The minimum Gasteiger partial charge on any atom is -0.404 e. The van der Waals surface area contributed by atoms with E-state index in [1.54, 1.807) is 0 Å². The standard InChI is InChI=1S/C9H6ClF5O2/c10-6-3-5(8(11,12)4-16)1-2-7(6)17-9(13,14)15/h1-3,16H,4H2. The molecule has 8 heteroatoms. The third-order valence-corrected chi connectivity index (χ3v) is 2.07. The second-order valence-electron chi connectivity index (χ2n) is 3.06. The number of alkyl halides is 5. The number of hydrogen-bond donors (Lipinski definition) is 1. The monoisotopic (exact) mass is 276 g/mol. The van der Waals surface area contributed by atoms with Gasteiger partial charge < -0.3 is 9.84 Å². The van der Waals surface area contributed by atoms with Gasteiger partial charge >= 0.3 is 6.36 Å². The summed E-state index contributed by atoms with van der Waals surface area (Å²) in [5.41, 5.74) is -0.695. The normalized spacial score (nSPS) is 12.6. The number of halogens is 6. The number of benzene rings is 1. The van der Waals surface area contributed by atoms with Gasteiger partial charge in [0.1, 0.15) is 12.4 Å². The van der Waals surface area contributed by atoms with Gasteiger partial charge in [0.25, 0.3) is 5.92 Å². The van der Waals surface area contributed by atoms with Gasteiger partial charge in [-0.25, -0.2) is 0 Å². The highest BCUT2D eigenvalue weighted by Gasteiger charge is 2.34. The van der Waals surface area contributed by atoms with Crippen molar-refractivity contribution in [1.29, 1.82) is 0 Å². The zero-order chi connectivity index (χ0) is 13.3. The summed E-state index contributed by atoms with van der Waals surface area (Å²) >= 11 is 5.36. The number of hydrogen-bond acceptors (Lipinski definition) is 2. The quantitative estimate of drug-likeness (QED) is 0.858.